The Bertz CT molecular complexity index is 258. The van der Waals surface area contributed by atoms with Gasteiger partial charge in [0, 0.05) is 24.1 Å². The molecule has 0 bridgehead atoms. The molecule has 1 aliphatic rings. The van der Waals surface area contributed by atoms with Gasteiger partial charge in [0.15, 0.2) is 0 Å². The van der Waals surface area contributed by atoms with E-state index in [1.54, 1.807) is 0 Å². The summed E-state index contributed by atoms with van der Waals surface area (Å²) in [6.07, 6.45) is 2.58. The van der Waals surface area contributed by atoms with Gasteiger partial charge in [0.1, 0.15) is 0 Å². The van der Waals surface area contributed by atoms with Crippen molar-refractivity contribution in [2.75, 3.05) is 13.2 Å². The highest BCUT2D eigenvalue weighted by Gasteiger charge is 2.48. The van der Waals surface area contributed by atoms with Crippen molar-refractivity contribution in [3.8, 4) is 0 Å². The number of nitrogens with two attached hydrogens (primary N) is 1. The van der Waals surface area contributed by atoms with Crippen LogP contribution in [0.3, 0.4) is 0 Å². The summed E-state index contributed by atoms with van der Waals surface area (Å²) in [5.41, 5.74) is 6.63. The highest BCUT2D eigenvalue weighted by Crippen LogP contribution is 2.42. The quantitative estimate of drug-likeness (QED) is 0.768. The van der Waals surface area contributed by atoms with Crippen LogP contribution in [-0.4, -0.2) is 31.3 Å². The van der Waals surface area contributed by atoms with Gasteiger partial charge in [0.2, 0.25) is 0 Å². The minimum atomic E-state index is 0.199. The van der Waals surface area contributed by atoms with Crippen LogP contribution in [0, 0.1) is 10.8 Å². The Morgan fingerprint density at radius 3 is 2.44 bits per heavy atom. The third-order valence-electron chi connectivity index (χ3n) is 4.50. The van der Waals surface area contributed by atoms with E-state index in [2.05, 4.69) is 46.9 Å². The van der Waals surface area contributed by atoms with E-state index in [0.29, 0.717) is 12.1 Å². The Morgan fingerprint density at radius 1 is 1.39 bits per heavy atom. The van der Waals surface area contributed by atoms with Gasteiger partial charge in [0.25, 0.3) is 0 Å². The molecule has 18 heavy (non-hydrogen) atoms. The summed E-state index contributed by atoms with van der Waals surface area (Å²) >= 11 is 0. The van der Waals surface area contributed by atoms with Crippen molar-refractivity contribution in [3.63, 3.8) is 0 Å². The Balaban J connectivity index is 2.26. The highest BCUT2D eigenvalue weighted by molar-refractivity contribution is 5.02. The molecule has 3 atom stereocenters. The Labute approximate surface area is 113 Å². The van der Waals surface area contributed by atoms with Crippen molar-refractivity contribution in [1.82, 2.24) is 5.32 Å². The monoisotopic (exact) mass is 256 g/mol. The van der Waals surface area contributed by atoms with Gasteiger partial charge in [-0.2, -0.15) is 0 Å². The molecule has 0 saturated heterocycles. The van der Waals surface area contributed by atoms with E-state index in [4.69, 9.17) is 10.5 Å². The van der Waals surface area contributed by atoms with Crippen LogP contribution in [0.5, 0.6) is 0 Å². The molecule has 1 fully saturated rings. The van der Waals surface area contributed by atoms with Gasteiger partial charge >= 0.3 is 0 Å². The summed E-state index contributed by atoms with van der Waals surface area (Å²) in [5, 5.41) is 3.64. The fourth-order valence-electron chi connectivity index (χ4n) is 2.56. The predicted octanol–water partition coefficient (Wildman–Crippen LogP) is 2.54. The molecule has 0 heterocycles. The summed E-state index contributed by atoms with van der Waals surface area (Å²) in [6, 6.07) is 0.831. The molecule has 1 aliphatic carbocycles. The fourth-order valence-corrected chi connectivity index (χ4v) is 2.56. The highest BCUT2D eigenvalue weighted by atomic mass is 16.5. The second-order valence-electron chi connectivity index (χ2n) is 7.27. The van der Waals surface area contributed by atoms with E-state index in [0.717, 1.165) is 26.0 Å². The number of nitrogens with one attached hydrogen (secondary N) is 1. The molecule has 0 amide bonds. The van der Waals surface area contributed by atoms with Crippen LogP contribution in [0.15, 0.2) is 0 Å². The van der Waals surface area contributed by atoms with Gasteiger partial charge in [-0.25, -0.2) is 0 Å². The number of rotatable bonds is 6. The summed E-state index contributed by atoms with van der Waals surface area (Å²) in [5.74, 6) is 0. The third kappa shape index (κ3) is 3.69. The number of hydrogen-bond donors (Lipinski definition) is 2. The summed E-state index contributed by atoms with van der Waals surface area (Å²) in [4.78, 5) is 0. The normalized spacial score (nSPS) is 28.8. The van der Waals surface area contributed by atoms with E-state index in [1.165, 1.54) is 0 Å². The van der Waals surface area contributed by atoms with Crippen LogP contribution >= 0.6 is 0 Å². The van der Waals surface area contributed by atoms with Crippen molar-refractivity contribution >= 4 is 0 Å². The molecule has 1 rings (SSSR count). The molecule has 0 aromatic rings. The van der Waals surface area contributed by atoms with E-state index >= 15 is 0 Å². The lowest BCUT2D eigenvalue weighted by Crippen LogP contribution is -2.61. The average molecular weight is 256 g/mol. The zero-order valence-electron chi connectivity index (χ0n) is 13.0. The average Bonchev–Trinajstić information content (AvgIpc) is 2.25. The summed E-state index contributed by atoms with van der Waals surface area (Å²) in [7, 11) is 0. The topological polar surface area (TPSA) is 47.3 Å². The van der Waals surface area contributed by atoms with Gasteiger partial charge < -0.3 is 15.8 Å². The molecule has 3 unspecified atom stereocenters. The number of hydrogen-bond acceptors (Lipinski definition) is 3. The Morgan fingerprint density at radius 2 is 2.00 bits per heavy atom. The van der Waals surface area contributed by atoms with Gasteiger partial charge in [-0.05, 0) is 31.7 Å². The predicted molar refractivity (Wildman–Crippen MR) is 77.7 cm³/mol. The maximum atomic E-state index is 6.17. The van der Waals surface area contributed by atoms with E-state index in [9.17, 15) is 0 Å². The van der Waals surface area contributed by atoms with Gasteiger partial charge in [-0.3, -0.25) is 0 Å². The van der Waals surface area contributed by atoms with Crippen molar-refractivity contribution in [2.45, 2.75) is 72.6 Å². The second-order valence-corrected chi connectivity index (χ2v) is 7.27. The molecule has 0 spiro atoms. The van der Waals surface area contributed by atoms with Gasteiger partial charge in [-0.15, -0.1) is 0 Å². The molecule has 0 aliphatic heterocycles. The summed E-state index contributed by atoms with van der Waals surface area (Å²) < 4.78 is 5.74. The van der Waals surface area contributed by atoms with Crippen molar-refractivity contribution < 1.29 is 4.74 Å². The first-order valence-corrected chi connectivity index (χ1v) is 7.30. The first-order chi connectivity index (χ1) is 8.19. The molecule has 0 aromatic heterocycles. The van der Waals surface area contributed by atoms with Crippen molar-refractivity contribution in [2.24, 2.45) is 16.6 Å². The van der Waals surface area contributed by atoms with Gasteiger partial charge in [0.05, 0.1) is 6.10 Å². The van der Waals surface area contributed by atoms with Crippen molar-refractivity contribution in [1.29, 1.82) is 0 Å². The molecule has 0 radical (unpaired) electrons. The van der Waals surface area contributed by atoms with Crippen LogP contribution < -0.4 is 11.1 Å². The van der Waals surface area contributed by atoms with E-state index in [1.807, 2.05) is 0 Å². The molecular formula is C15H32N2O. The Kier molecular flexibility index (Phi) is 5.22. The van der Waals surface area contributed by atoms with Crippen LogP contribution in [0.2, 0.25) is 0 Å². The standard InChI is InChI=1S/C15H32N2O/c1-7-18-13-10-12(15(13,5)6)17-9-8-11(16)14(2,3)4/h11-13,17H,7-10,16H2,1-6H3. The lowest BCUT2D eigenvalue weighted by atomic mass is 9.64. The van der Waals surface area contributed by atoms with Crippen LogP contribution in [0.4, 0.5) is 0 Å². The van der Waals surface area contributed by atoms with Crippen LogP contribution in [0.25, 0.3) is 0 Å². The first-order valence-electron chi connectivity index (χ1n) is 7.30. The maximum Gasteiger partial charge on any atom is 0.0655 e. The fraction of sp³-hybridized carbons (Fsp3) is 1.00. The smallest absolute Gasteiger partial charge is 0.0655 e. The second kappa shape index (κ2) is 5.89. The zero-order valence-corrected chi connectivity index (χ0v) is 13.0. The molecule has 0 aromatic carbocycles. The molecule has 108 valence electrons. The first kappa shape index (κ1) is 15.9. The zero-order chi connectivity index (χ0) is 14.0. The minimum absolute atomic E-state index is 0.199. The third-order valence-corrected chi connectivity index (χ3v) is 4.50. The maximum absolute atomic E-state index is 6.17. The van der Waals surface area contributed by atoms with Crippen LogP contribution in [0.1, 0.15) is 54.4 Å². The number of ether oxygens (including phenoxy) is 1. The van der Waals surface area contributed by atoms with Crippen LogP contribution in [-0.2, 0) is 4.74 Å². The Hall–Kier alpha value is -0.120. The largest absolute Gasteiger partial charge is 0.378 e. The van der Waals surface area contributed by atoms with Gasteiger partial charge in [-0.1, -0.05) is 34.6 Å². The molecule has 3 heteroatoms. The lowest BCUT2D eigenvalue weighted by molar-refractivity contribution is -0.114. The van der Waals surface area contributed by atoms with E-state index < -0.39 is 0 Å². The summed E-state index contributed by atoms with van der Waals surface area (Å²) in [6.45, 7) is 15.1. The van der Waals surface area contributed by atoms with Crippen molar-refractivity contribution in [3.05, 3.63) is 0 Å². The van der Waals surface area contributed by atoms with E-state index in [-0.39, 0.29) is 16.9 Å². The lowest BCUT2D eigenvalue weighted by Gasteiger charge is -2.52. The molecule has 1 saturated carbocycles. The SMILES string of the molecule is CCOC1CC(NCCC(N)C(C)(C)C)C1(C)C. The molecule has 3 nitrogen and oxygen atoms in total. The minimum Gasteiger partial charge on any atom is -0.378 e. The molecule has 3 N–H and O–H groups in total. The molecular weight excluding hydrogens is 224 g/mol.